The zero-order valence-corrected chi connectivity index (χ0v) is 11.0. The van der Waals surface area contributed by atoms with Crippen molar-refractivity contribution >= 4 is 17.7 Å². The van der Waals surface area contributed by atoms with E-state index in [-0.39, 0.29) is 11.3 Å². The summed E-state index contributed by atoms with van der Waals surface area (Å²) >= 11 is 0. The summed E-state index contributed by atoms with van der Waals surface area (Å²) in [4.78, 5) is 13.9. The van der Waals surface area contributed by atoms with Gasteiger partial charge in [0.25, 0.3) is 0 Å². The van der Waals surface area contributed by atoms with Crippen molar-refractivity contribution in [3.8, 4) is 0 Å². The van der Waals surface area contributed by atoms with E-state index in [0.717, 1.165) is 25.1 Å². The molecule has 0 atom stereocenters. The summed E-state index contributed by atoms with van der Waals surface area (Å²) in [6, 6.07) is 7.52. The Bertz CT molecular complexity index is 477. The monoisotopic (exact) mass is 244 g/mol. The number of rotatable bonds is 2. The Labute approximate surface area is 108 Å². The highest BCUT2D eigenvalue weighted by atomic mass is 16.2. The molecule has 1 fully saturated rings. The Morgan fingerprint density at radius 2 is 2.22 bits per heavy atom. The van der Waals surface area contributed by atoms with Gasteiger partial charge in [0, 0.05) is 24.9 Å². The lowest BCUT2D eigenvalue weighted by Crippen LogP contribution is -2.28. The molecule has 1 aliphatic heterocycles. The molecule has 96 valence electrons. The van der Waals surface area contributed by atoms with Gasteiger partial charge in [-0.2, -0.15) is 0 Å². The summed E-state index contributed by atoms with van der Waals surface area (Å²) in [5.41, 5.74) is 7.62. The van der Waals surface area contributed by atoms with E-state index in [1.165, 1.54) is 0 Å². The highest BCUT2D eigenvalue weighted by Gasteiger charge is 2.30. The minimum Gasteiger partial charge on any atom is -0.399 e. The van der Waals surface area contributed by atoms with E-state index in [9.17, 15) is 4.79 Å². The summed E-state index contributed by atoms with van der Waals surface area (Å²) < 4.78 is 0. The summed E-state index contributed by atoms with van der Waals surface area (Å²) in [6.45, 7) is 6.09. The molecule has 1 aromatic carbocycles. The molecule has 0 radical (unpaired) electrons. The number of hydrogen-bond acceptors (Lipinski definition) is 2. The van der Waals surface area contributed by atoms with E-state index in [1.54, 1.807) is 6.08 Å². The van der Waals surface area contributed by atoms with Crippen molar-refractivity contribution in [2.75, 3.05) is 18.8 Å². The van der Waals surface area contributed by atoms with Crippen molar-refractivity contribution < 1.29 is 4.79 Å². The van der Waals surface area contributed by atoms with Crippen LogP contribution in [0.15, 0.2) is 30.3 Å². The predicted octanol–water partition coefficient (Wildman–Crippen LogP) is 2.54. The highest BCUT2D eigenvalue weighted by molar-refractivity contribution is 5.92. The first-order valence-corrected chi connectivity index (χ1v) is 6.29. The lowest BCUT2D eigenvalue weighted by atomic mass is 9.93. The summed E-state index contributed by atoms with van der Waals surface area (Å²) in [5, 5.41) is 0. The molecule has 0 saturated carbocycles. The number of anilines is 1. The molecule has 0 spiro atoms. The van der Waals surface area contributed by atoms with Crippen LogP contribution in [0.25, 0.3) is 6.08 Å². The number of amides is 1. The molecule has 18 heavy (non-hydrogen) atoms. The first-order valence-electron chi connectivity index (χ1n) is 6.29. The van der Waals surface area contributed by atoms with Gasteiger partial charge in [0.2, 0.25) is 5.91 Å². The number of nitrogens with two attached hydrogens (primary N) is 1. The molecule has 1 saturated heterocycles. The molecule has 1 aromatic rings. The van der Waals surface area contributed by atoms with Crippen LogP contribution in [0.4, 0.5) is 5.69 Å². The standard InChI is InChI=1S/C15H20N2O/c1-15(2)8-9-17(11-15)14(18)7-6-12-4-3-5-13(16)10-12/h3-7,10H,8-9,11,16H2,1-2H3/b7-6+. The lowest BCUT2D eigenvalue weighted by Gasteiger charge is -2.18. The van der Waals surface area contributed by atoms with Gasteiger partial charge in [-0.15, -0.1) is 0 Å². The maximum Gasteiger partial charge on any atom is 0.246 e. The van der Waals surface area contributed by atoms with Gasteiger partial charge in [-0.3, -0.25) is 4.79 Å². The van der Waals surface area contributed by atoms with Crippen molar-refractivity contribution in [2.45, 2.75) is 20.3 Å². The zero-order valence-electron chi connectivity index (χ0n) is 11.0. The molecule has 0 unspecified atom stereocenters. The molecule has 0 aromatic heterocycles. The number of carbonyl (C=O) groups is 1. The molecule has 0 aliphatic carbocycles. The van der Waals surface area contributed by atoms with Crippen LogP contribution >= 0.6 is 0 Å². The van der Waals surface area contributed by atoms with Crippen LogP contribution in [0.3, 0.4) is 0 Å². The second-order valence-electron chi connectivity index (χ2n) is 5.68. The number of likely N-dealkylation sites (tertiary alicyclic amines) is 1. The fourth-order valence-electron chi connectivity index (χ4n) is 2.24. The minimum atomic E-state index is 0.0861. The largest absolute Gasteiger partial charge is 0.399 e. The van der Waals surface area contributed by atoms with Crippen molar-refractivity contribution in [3.05, 3.63) is 35.9 Å². The zero-order chi connectivity index (χ0) is 13.2. The van der Waals surface area contributed by atoms with Crippen LogP contribution in [-0.2, 0) is 4.79 Å². The molecule has 1 aliphatic rings. The Morgan fingerprint density at radius 1 is 1.44 bits per heavy atom. The van der Waals surface area contributed by atoms with Crippen molar-refractivity contribution in [1.82, 2.24) is 4.90 Å². The van der Waals surface area contributed by atoms with Gasteiger partial charge in [0.15, 0.2) is 0 Å². The van der Waals surface area contributed by atoms with E-state index in [0.29, 0.717) is 5.69 Å². The third-order valence-corrected chi connectivity index (χ3v) is 3.32. The summed E-state index contributed by atoms with van der Waals surface area (Å²) in [7, 11) is 0. The molecular formula is C15H20N2O. The quantitative estimate of drug-likeness (QED) is 0.642. The molecule has 1 heterocycles. The topological polar surface area (TPSA) is 46.3 Å². The van der Waals surface area contributed by atoms with Crippen LogP contribution in [0.2, 0.25) is 0 Å². The summed E-state index contributed by atoms with van der Waals surface area (Å²) in [5.74, 6) is 0.0861. The SMILES string of the molecule is CC1(C)CCN(C(=O)/C=C/c2cccc(N)c2)C1. The molecule has 2 N–H and O–H groups in total. The number of nitrogens with zero attached hydrogens (tertiary/aromatic N) is 1. The minimum absolute atomic E-state index is 0.0861. The molecule has 3 heteroatoms. The predicted molar refractivity (Wildman–Crippen MR) is 74.9 cm³/mol. The number of benzene rings is 1. The third-order valence-electron chi connectivity index (χ3n) is 3.32. The van der Waals surface area contributed by atoms with Crippen molar-refractivity contribution in [1.29, 1.82) is 0 Å². The lowest BCUT2D eigenvalue weighted by molar-refractivity contribution is -0.125. The van der Waals surface area contributed by atoms with Crippen LogP contribution < -0.4 is 5.73 Å². The first kappa shape index (κ1) is 12.7. The second-order valence-corrected chi connectivity index (χ2v) is 5.68. The average molecular weight is 244 g/mol. The fraction of sp³-hybridized carbons (Fsp3) is 0.400. The van der Waals surface area contributed by atoms with E-state index in [2.05, 4.69) is 13.8 Å². The van der Waals surface area contributed by atoms with Gasteiger partial charge < -0.3 is 10.6 Å². The van der Waals surface area contributed by atoms with E-state index < -0.39 is 0 Å². The first-order chi connectivity index (χ1) is 8.46. The molecule has 2 rings (SSSR count). The average Bonchev–Trinajstić information content (AvgIpc) is 2.67. The Kier molecular flexibility index (Phi) is 3.41. The van der Waals surface area contributed by atoms with Crippen LogP contribution in [0.1, 0.15) is 25.8 Å². The summed E-state index contributed by atoms with van der Waals surface area (Å²) in [6.07, 6.45) is 4.53. The van der Waals surface area contributed by atoms with Gasteiger partial charge >= 0.3 is 0 Å². The molecule has 1 amide bonds. The van der Waals surface area contributed by atoms with E-state index >= 15 is 0 Å². The van der Waals surface area contributed by atoms with Crippen molar-refractivity contribution in [3.63, 3.8) is 0 Å². The normalized spacial score (nSPS) is 18.4. The van der Waals surface area contributed by atoms with E-state index in [4.69, 9.17) is 5.73 Å². The second kappa shape index (κ2) is 4.84. The highest BCUT2D eigenvalue weighted by Crippen LogP contribution is 2.28. The van der Waals surface area contributed by atoms with Gasteiger partial charge in [-0.1, -0.05) is 26.0 Å². The number of carbonyl (C=O) groups excluding carboxylic acids is 1. The van der Waals surface area contributed by atoms with Crippen LogP contribution in [0.5, 0.6) is 0 Å². The number of hydrogen-bond donors (Lipinski definition) is 1. The smallest absolute Gasteiger partial charge is 0.246 e. The van der Waals surface area contributed by atoms with Crippen LogP contribution in [-0.4, -0.2) is 23.9 Å². The molecule has 3 nitrogen and oxygen atoms in total. The van der Waals surface area contributed by atoms with Gasteiger partial charge in [-0.25, -0.2) is 0 Å². The van der Waals surface area contributed by atoms with Gasteiger partial charge in [-0.05, 0) is 35.6 Å². The molecular weight excluding hydrogens is 224 g/mol. The Morgan fingerprint density at radius 3 is 2.83 bits per heavy atom. The maximum atomic E-state index is 12.0. The van der Waals surface area contributed by atoms with Gasteiger partial charge in [0.1, 0.15) is 0 Å². The maximum absolute atomic E-state index is 12.0. The third kappa shape index (κ3) is 3.13. The number of nitrogen functional groups attached to an aromatic ring is 1. The van der Waals surface area contributed by atoms with Crippen molar-refractivity contribution in [2.24, 2.45) is 5.41 Å². The van der Waals surface area contributed by atoms with E-state index in [1.807, 2.05) is 35.2 Å². The fourth-order valence-corrected chi connectivity index (χ4v) is 2.24. The van der Waals surface area contributed by atoms with Gasteiger partial charge in [0.05, 0.1) is 0 Å². The molecule has 0 bridgehead atoms. The Hall–Kier alpha value is -1.77. The Balaban J connectivity index is 2.00. The van der Waals surface area contributed by atoms with Crippen LogP contribution in [0, 0.1) is 5.41 Å².